The Morgan fingerprint density at radius 1 is 1.10 bits per heavy atom. The second-order valence-corrected chi connectivity index (χ2v) is 10.2. The zero-order valence-corrected chi connectivity index (χ0v) is 22.4. The predicted octanol–water partition coefficient (Wildman–Crippen LogP) is 6.15. The van der Waals surface area contributed by atoms with Crippen LogP contribution < -0.4 is 9.47 Å². The van der Waals surface area contributed by atoms with E-state index in [0.717, 1.165) is 46.9 Å². The van der Waals surface area contributed by atoms with E-state index in [1.807, 2.05) is 18.2 Å². The van der Waals surface area contributed by atoms with Crippen molar-refractivity contribution in [2.24, 2.45) is 0 Å². The Morgan fingerprint density at radius 3 is 2.56 bits per heavy atom. The van der Waals surface area contributed by atoms with E-state index in [-0.39, 0.29) is 18.2 Å². The van der Waals surface area contributed by atoms with Gasteiger partial charge in [-0.2, -0.15) is 0 Å². The smallest absolute Gasteiger partial charge is 0.304 e. The quantitative estimate of drug-likeness (QED) is 0.396. The fraction of sp³-hybridized carbons (Fsp3) is 0.344. The van der Waals surface area contributed by atoms with Gasteiger partial charge in [-0.1, -0.05) is 30.3 Å². The number of carboxylic acid groups (broad SMARTS) is 1. The van der Waals surface area contributed by atoms with Gasteiger partial charge in [-0.15, -0.1) is 0 Å². The lowest BCUT2D eigenvalue weighted by atomic mass is 9.88. The summed E-state index contributed by atoms with van der Waals surface area (Å²) in [5.74, 6) is -0.0173. The largest absolute Gasteiger partial charge is 0.492 e. The highest BCUT2D eigenvalue weighted by atomic mass is 19.1. The number of aryl methyl sites for hydroxylation is 2. The van der Waals surface area contributed by atoms with Crippen LogP contribution in [0.4, 0.5) is 4.39 Å². The third-order valence-corrected chi connectivity index (χ3v) is 7.72. The Hall–Kier alpha value is -3.68. The average molecular weight is 533 g/mol. The van der Waals surface area contributed by atoms with Crippen LogP contribution in [-0.4, -0.2) is 43.1 Å². The van der Waals surface area contributed by atoms with Gasteiger partial charge in [0.25, 0.3) is 0 Å². The van der Waals surface area contributed by atoms with Gasteiger partial charge in [0.15, 0.2) is 0 Å². The number of hydrogen-bond acceptors (Lipinski definition) is 5. The third kappa shape index (κ3) is 5.16. The summed E-state index contributed by atoms with van der Waals surface area (Å²) >= 11 is 0. The van der Waals surface area contributed by atoms with Crippen LogP contribution in [0.5, 0.6) is 11.5 Å². The predicted molar refractivity (Wildman–Crippen MR) is 147 cm³/mol. The fourth-order valence-corrected chi connectivity index (χ4v) is 6.06. The molecule has 2 aliphatic heterocycles. The first-order valence-electron chi connectivity index (χ1n) is 13.2. The molecule has 0 radical (unpaired) electrons. The number of aliphatic hydroxyl groups excluding tert-OH is 1. The molecule has 3 aromatic rings. The molecule has 39 heavy (non-hydrogen) atoms. The lowest BCUT2D eigenvalue weighted by Crippen LogP contribution is -2.07. The number of fused-ring (bicyclic) bond motifs is 2. The number of aliphatic hydroxyl groups is 1. The molecule has 3 aromatic carbocycles. The number of halogens is 1. The Kier molecular flexibility index (Phi) is 7.73. The molecule has 6 rings (SSSR count). The van der Waals surface area contributed by atoms with Crippen molar-refractivity contribution < 1.29 is 33.6 Å². The monoisotopic (exact) mass is 532 g/mol. The van der Waals surface area contributed by atoms with Crippen LogP contribution in [0.3, 0.4) is 0 Å². The minimum atomic E-state index is -0.847. The molecule has 204 valence electrons. The Labute approximate surface area is 227 Å². The van der Waals surface area contributed by atoms with E-state index < -0.39 is 12.1 Å². The highest BCUT2D eigenvalue weighted by Gasteiger charge is 2.32. The molecule has 0 spiro atoms. The second kappa shape index (κ2) is 11.2. The molecule has 0 amide bonds. The summed E-state index contributed by atoms with van der Waals surface area (Å²) in [6, 6.07) is 13.3. The molecule has 1 aliphatic carbocycles. The number of hydrogen-bond donors (Lipinski definition) is 2. The van der Waals surface area contributed by atoms with Crippen molar-refractivity contribution in [2.45, 2.75) is 45.1 Å². The highest BCUT2D eigenvalue weighted by molar-refractivity contribution is 5.79. The van der Waals surface area contributed by atoms with Crippen molar-refractivity contribution in [1.82, 2.24) is 0 Å². The average Bonchev–Trinajstić information content (AvgIpc) is 3.67. The molecule has 0 bridgehead atoms. The Morgan fingerprint density at radius 2 is 1.87 bits per heavy atom. The summed E-state index contributed by atoms with van der Waals surface area (Å²) in [5.41, 5.74) is 9.43. The lowest BCUT2D eigenvalue weighted by molar-refractivity contribution is -0.137. The summed E-state index contributed by atoms with van der Waals surface area (Å²) in [5, 5.41) is 16.1. The standard InChI is InChI=1S/C31H29FO5.CH4O/c1-17-11-20(19-9-10-35-15-19)12-18(2)30(17)24-5-7-26(32)31-25(24)6-8-27(31)37-22-3-4-23-21(13-29(33)34)16-36-28(23)14-22;1-2/h3-5,7,9,11-12,14,21,27H,6,8,10,13,15-16H2,1-2H3,(H,33,34);2H,1H3/t21-,27-;/m1./s1. The summed E-state index contributed by atoms with van der Waals surface area (Å²) in [6.07, 6.45) is 3.17. The summed E-state index contributed by atoms with van der Waals surface area (Å²) in [7, 11) is 1.00. The van der Waals surface area contributed by atoms with Crippen molar-refractivity contribution >= 4 is 11.5 Å². The molecular formula is C32H33FO6. The van der Waals surface area contributed by atoms with Gasteiger partial charge in [0.05, 0.1) is 26.2 Å². The summed E-state index contributed by atoms with van der Waals surface area (Å²) in [6.45, 7) is 5.86. The van der Waals surface area contributed by atoms with Crippen LogP contribution in [-0.2, 0) is 16.0 Å². The lowest BCUT2D eigenvalue weighted by Gasteiger charge is -2.19. The van der Waals surface area contributed by atoms with Crippen LogP contribution in [0.25, 0.3) is 16.7 Å². The zero-order valence-electron chi connectivity index (χ0n) is 22.4. The molecule has 0 fully saturated rings. The van der Waals surface area contributed by atoms with Gasteiger partial charge in [0.1, 0.15) is 23.4 Å². The van der Waals surface area contributed by atoms with Gasteiger partial charge in [-0.25, -0.2) is 4.39 Å². The molecule has 0 saturated carbocycles. The summed E-state index contributed by atoms with van der Waals surface area (Å²) < 4.78 is 32.8. The van der Waals surface area contributed by atoms with Gasteiger partial charge in [0.2, 0.25) is 0 Å². The molecular weight excluding hydrogens is 499 g/mol. The maximum atomic E-state index is 15.2. The van der Waals surface area contributed by atoms with Crippen LogP contribution in [0, 0.1) is 19.7 Å². The van der Waals surface area contributed by atoms with Crippen LogP contribution in [0.15, 0.2) is 48.5 Å². The third-order valence-electron chi connectivity index (χ3n) is 7.72. The molecule has 2 N–H and O–H groups in total. The number of ether oxygens (including phenoxy) is 3. The van der Waals surface area contributed by atoms with Crippen molar-refractivity contribution in [2.75, 3.05) is 26.9 Å². The van der Waals surface area contributed by atoms with Gasteiger partial charge in [0, 0.05) is 30.2 Å². The van der Waals surface area contributed by atoms with E-state index in [4.69, 9.17) is 24.4 Å². The molecule has 2 heterocycles. The van der Waals surface area contributed by atoms with Crippen LogP contribution in [0.1, 0.15) is 58.2 Å². The molecule has 0 aromatic heterocycles. The zero-order chi connectivity index (χ0) is 27.7. The molecule has 7 heteroatoms. The molecule has 0 unspecified atom stereocenters. The Bertz CT molecular complexity index is 1420. The van der Waals surface area contributed by atoms with Gasteiger partial charge in [-0.3, -0.25) is 4.79 Å². The van der Waals surface area contributed by atoms with E-state index in [1.54, 1.807) is 12.1 Å². The van der Waals surface area contributed by atoms with Gasteiger partial charge >= 0.3 is 5.97 Å². The minimum absolute atomic E-state index is 0.0301. The first kappa shape index (κ1) is 26.9. The van der Waals surface area contributed by atoms with E-state index in [0.29, 0.717) is 43.3 Å². The van der Waals surface area contributed by atoms with Gasteiger partial charge < -0.3 is 24.4 Å². The number of benzene rings is 3. The van der Waals surface area contributed by atoms with Gasteiger partial charge in [-0.05, 0) is 77.8 Å². The molecule has 6 nitrogen and oxygen atoms in total. The number of carbonyl (C=O) groups is 1. The SMILES string of the molecule is CO.Cc1cc(C2=CCOC2)cc(C)c1-c1ccc(F)c2c1CC[C@H]2Oc1ccc2c(c1)OC[C@H]2CC(=O)O. The summed E-state index contributed by atoms with van der Waals surface area (Å²) in [4.78, 5) is 11.1. The number of carboxylic acids is 1. The maximum Gasteiger partial charge on any atom is 0.304 e. The highest BCUT2D eigenvalue weighted by Crippen LogP contribution is 2.45. The van der Waals surface area contributed by atoms with Crippen molar-refractivity contribution in [3.05, 3.63) is 87.7 Å². The first-order chi connectivity index (χ1) is 18.9. The maximum absolute atomic E-state index is 15.2. The minimum Gasteiger partial charge on any atom is -0.492 e. The molecule has 0 saturated heterocycles. The Balaban J connectivity index is 0.00000151. The number of rotatable bonds is 6. The van der Waals surface area contributed by atoms with Crippen molar-refractivity contribution in [3.63, 3.8) is 0 Å². The van der Waals surface area contributed by atoms with Crippen molar-refractivity contribution in [3.8, 4) is 22.6 Å². The second-order valence-electron chi connectivity index (χ2n) is 10.2. The number of aliphatic carboxylic acids is 1. The van der Waals surface area contributed by atoms with E-state index in [9.17, 15) is 4.79 Å². The fourth-order valence-electron chi connectivity index (χ4n) is 6.06. The topological polar surface area (TPSA) is 85.2 Å². The van der Waals surface area contributed by atoms with Crippen molar-refractivity contribution in [1.29, 1.82) is 0 Å². The van der Waals surface area contributed by atoms with E-state index >= 15 is 4.39 Å². The van der Waals surface area contributed by atoms with Crippen LogP contribution >= 0.6 is 0 Å². The van der Waals surface area contributed by atoms with E-state index in [2.05, 4.69) is 32.1 Å². The normalized spacial score (nSPS) is 18.9. The molecule has 2 atom stereocenters. The first-order valence-corrected chi connectivity index (χ1v) is 13.2. The van der Waals surface area contributed by atoms with E-state index in [1.165, 1.54) is 11.1 Å². The van der Waals surface area contributed by atoms with Crippen LogP contribution in [0.2, 0.25) is 0 Å². The molecule has 3 aliphatic rings.